The Morgan fingerprint density at radius 1 is 1.19 bits per heavy atom. The van der Waals surface area contributed by atoms with Crippen LogP contribution in [-0.4, -0.2) is 29.7 Å². The van der Waals surface area contributed by atoms with E-state index in [1.807, 2.05) is 56.3 Å². The Hall–Kier alpha value is -2.92. The first-order valence-electron chi connectivity index (χ1n) is 9.03. The summed E-state index contributed by atoms with van der Waals surface area (Å²) in [4.78, 5) is 16.5. The molecule has 0 atom stereocenters. The largest absolute Gasteiger partial charge is 0.494 e. The molecule has 2 N–H and O–H groups in total. The van der Waals surface area contributed by atoms with Crippen LogP contribution < -0.4 is 10.1 Å². The summed E-state index contributed by atoms with van der Waals surface area (Å²) in [6.07, 6.45) is 0.328. The second-order valence-electron chi connectivity index (χ2n) is 6.44. The van der Waals surface area contributed by atoms with Gasteiger partial charge in [0.25, 0.3) is 0 Å². The van der Waals surface area contributed by atoms with Crippen molar-refractivity contribution in [2.75, 3.05) is 13.7 Å². The number of aliphatic hydroxyl groups excluding tert-OH is 1. The van der Waals surface area contributed by atoms with Crippen LogP contribution in [-0.2, 0) is 17.8 Å². The zero-order valence-electron chi connectivity index (χ0n) is 15.9. The lowest BCUT2D eigenvalue weighted by molar-refractivity contribution is -0.119. The van der Waals surface area contributed by atoms with Crippen molar-refractivity contribution in [3.05, 3.63) is 59.2 Å². The second kappa shape index (κ2) is 8.18. The number of likely N-dealkylation sites (N-methyl/N-ethyl adjacent to an activating group) is 1. The maximum absolute atomic E-state index is 11.7. The third-order valence-electron chi connectivity index (χ3n) is 4.55. The molecule has 5 nitrogen and oxygen atoms in total. The molecule has 2 aromatic carbocycles. The third kappa shape index (κ3) is 4.09. The molecule has 3 aromatic rings. The first-order chi connectivity index (χ1) is 13.0. The summed E-state index contributed by atoms with van der Waals surface area (Å²) >= 11 is 0. The molecule has 0 radical (unpaired) electrons. The molecule has 0 saturated heterocycles. The van der Waals surface area contributed by atoms with Gasteiger partial charge in [-0.2, -0.15) is 0 Å². The lowest BCUT2D eigenvalue weighted by Gasteiger charge is -2.12. The van der Waals surface area contributed by atoms with Gasteiger partial charge in [0.15, 0.2) is 0 Å². The molecule has 1 aromatic heterocycles. The maximum Gasteiger partial charge on any atom is 0.224 e. The van der Waals surface area contributed by atoms with E-state index in [9.17, 15) is 9.90 Å². The molecule has 1 amide bonds. The summed E-state index contributed by atoms with van der Waals surface area (Å²) in [6.45, 7) is 4.42. The summed E-state index contributed by atoms with van der Waals surface area (Å²) in [5.74, 6) is 0.662. The molecule has 0 spiro atoms. The smallest absolute Gasteiger partial charge is 0.224 e. The Morgan fingerprint density at radius 3 is 2.70 bits per heavy atom. The van der Waals surface area contributed by atoms with Crippen molar-refractivity contribution in [3.8, 4) is 17.0 Å². The van der Waals surface area contributed by atoms with Gasteiger partial charge in [0.1, 0.15) is 5.75 Å². The number of ether oxygens (including phenoxy) is 1. The topological polar surface area (TPSA) is 71.5 Å². The zero-order valence-corrected chi connectivity index (χ0v) is 15.9. The van der Waals surface area contributed by atoms with Gasteiger partial charge in [-0.3, -0.25) is 4.79 Å². The Morgan fingerprint density at radius 2 is 2.00 bits per heavy atom. The second-order valence-corrected chi connectivity index (χ2v) is 6.44. The normalized spacial score (nSPS) is 10.8. The van der Waals surface area contributed by atoms with Crippen LogP contribution in [0.1, 0.15) is 23.6 Å². The van der Waals surface area contributed by atoms with E-state index in [1.165, 1.54) is 0 Å². The predicted molar refractivity (Wildman–Crippen MR) is 107 cm³/mol. The number of benzene rings is 2. The number of aliphatic hydroxyl groups is 1. The van der Waals surface area contributed by atoms with Gasteiger partial charge in [0, 0.05) is 23.6 Å². The minimum Gasteiger partial charge on any atom is -0.494 e. The molecule has 0 unspecified atom stereocenters. The van der Waals surface area contributed by atoms with Crippen molar-refractivity contribution in [2.24, 2.45) is 0 Å². The summed E-state index contributed by atoms with van der Waals surface area (Å²) in [5, 5.41) is 13.4. The van der Waals surface area contributed by atoms with Gasteiger partial charge in [0.2, 0.25) is 5.91 Å². The molecule has 0 fully saturated rings. The number of hydrogen-bond donors (Lipinski definition) is 2. The van der Waals surface area contributed by atoms with Crippen LogP contribution in [0.25, 0.3) is 22.2 Å². The van der Waals surface area contributed by atoms with E-state index < -0.39 is 0 Å². The monoisotopic (exact) mass is 364 g/mol. The number of pyridine rings is 1. The number of fused-ring (bicyclic) bond motifs is 1. The van der Waals surface area contributed by atoms with E-state index >= 15 is 0 Å². The van der Waals surface area contributed by atoms with E-state index in [0.29, 0.717) is 18.8 Å². The Bertz CT molecular complexity index is 983. The van der Waals surface area contributed by atoms with Crippen LogP contribution in [0.5, 0.6) is 5.75 Å². The van der Waals surface area contributed by atoms with E-state index in [2.05, 4.69) is 5.32 Å². The fourth-order valence-electron chi connectivity index (χ4n) is 3.14. The van der Waals surface area contributed by atoms with Crippen LogP contribution in [0.15, 0.2) is 42.5 Å². The molecule has 5 heteroatoms. The number of nitrogens with zero attached hydrogens (tertiary/aromatic N) is 1. The number of carbonyl (C=O) groups excluding carboxylic acids is 1. The quantitative estimate of drug-likeness (QED) is 0.703. The average Bonchev–Trinajstić information content (AvgIpc) is 2.68. The molecule has 0 aliphatic heterocycles. The number of carbonyl (C=O) groups is 1. The fourth-order valence-corrected chi connectivity index (χ4v) is 3.14. The van der Waals surface area contributed by atoms with E-state index in [-0.39, 0.29) is 12.5 Å². The minimum atomic E-state index is -0.0913. The summed E-state index contributed by atoms with van der Waals surface area (Å²) in [5.41, 5.74) is 5.38. The highest BCUT2D eigenvalue weighted by molar-refractivity contribution is 5.87. The molecule has 140 valence electrons. The lowest BCUT2D eigenvalue weighted by Crippen LogP contribution is -2.19. The lowest BCUT2D eigenvalue weighted by atomic mass is 10.0. The number of aryl methyl sites for hydroxylation is 1. The Balaban J connectivity index is 2.05. The summed E-state index contributed by atoms with van der Waals surface area (Å²) in [6, 6.07) is 13.7. The van der Waals surface area contributed by atoms with Gasteiger partial charge in [0.05, 0.1) is 30.8 Å². The molecular weight excluding hydrogens is 340 g/mol. The number of amides is 1. The van der Waals surface area contributed by atoms with Crippen molar-refractivity contribution in [1.29, 1.82) is 0 Å². The number of aromatic nitrogens is 1. The van der Waals surface area contributed by atoms with Gasteiger partial charge in [-0.15, -0.1) is 0 Å². The third-order valence-corrected chi connectivity index (χ3v) is 4.55. The summed E-state index contributed by atoms with van der Waals surface area (Å²) < 4.78 is 5.56. The van der Waals surface area contributed by atoms with E-state index in [1.54, 1.807) is 7.05 Å². The van der Waals surface area contributed by atoms with E-state index in [4.69, 9.17) is 9.72 Å². The van der Waals surface area contributed by atoms with E-state index in [0.717, 1.165) is 38.9 Å². The minimum absolute atomic E-state index is 0.0265. The van der Waals surface area contributed by atoms with Crippen molar-refractivity contribution < 1.29 is 14.6 Å². The molecule has 27 heavy (non-hydrogen) atoms. The number of rotatable bonds is 6. The van der Waals surface area contributed by atoms with Gasteiger partial charge in [-0.05, 0) is 55.3 Å². The fraction of sp³-hybridized carbons (Fsp3) is 0.273. The molecule has 0 bridgehead atoms. The predicted octanol–water partition coefficient (Wildman–Crippen LogP) is 3.39. The van der Waals surface area contributed by atoms with Crippen LogP contribution in [0.4, 0.5) is 0 Å². The molecular formula is C22H24N2O3. The van der Waals surface area contributed by atoms with Gasteiger partial charge < -0.3 is 15.2 Å². The highest BCUT2D eigenvalue weighted by Gasteiger charge is 2.10. The van der Waals surface area contributed by atoms with Crippen LogP contribution >= 0.6 is 0 Å². The maximum atomic E-state index is 11.7. The van der Waals surface area contributed by atoms with Crippen molar-refractivity contribution in [1.82, 2.24) is 10.3 Å². The number of nitrogens with one attached hydrogen (secondary N) is 1. The molecule has 1 heterocycles. The number of hydrogen-bond acceptors (Lipinski definition) is 4. The standard InChI is InChI=1S/C22H24N2O3/c1-4-27-21-8-6-16(12-17(21)13-25)19-9-14(2)18-7-5-15(10-20(18)24-19)11-22(26)23-3/h5-10,12,25H,4,11,13H2,1-3H3,(H,23,26). The molecule has 0 aliphatic rings. The SMILES string of the molecule is CCOc1ccc(-c2cc(C)c3ccc(CC(=O)NC)cc3n2)cc1CO. The van der Waals surface area contributed by atoms with Crippen molar-refractivity contribution in [2.45, 2.75) is 26.9 Å². The van der Waals surface area contributed by atoms with Crippen LogP contribution in [0, 0.1) is 6.92 Å². The molecule has 3 rings (SSSR count). The Kier molecular flexibility index (Phi) is 5.72. The molecule has 0 aliphatic carbocycles. The summed E-state index contributed by atoms with van der Waals surface area (Å²) in [7, 11) is 1.63. The van der Waals surface area contributed by atoms with Crippen LogP contribution in [0.2, 0.25) is 0 Å². The first-order valence-corrected chi connectivity index (χ1v) is 9.03. The van der Waals surface area contributed by atoms with Crippen molar-refractivity contribution in [3.63, 3.8) is 0 Å². The van der Waals surface area contributed by atoms with Gasteiger partial charge >= 0.3 is 0 Å². The van der Waals surface area contributed by atoms with Crippen LogP contribution in [0.3, 0.4) is 0 Å². The highest BCUT2D eigenvalue weighted by atomic mass is 16.5. The zero-order chi connectivity index (χ0) is 19.4. The van der Waals surface area contributed by atoms with Gasteiger partial charge in [-0.25, -0.2) is 4.98 Å². The Labute approximate surface area is 159 Å². The first kappa shape index (κ1) is 18.9. The highest BCUT2D eigenvalue weighted by Crippen LogP contribution is 2.29. The van der Waals surface area contributed by atoms with Gasteiger partial charge in [-0.1, -0.05) is 12.1 Å². The van der Waals surface area contributed by atoms with Crippen molar-refractivity contribution >= 4 is 16.8 Å². The molecule has 0 saturated carbocycles. The average molecular weight is 364 g/mol.